The number of benzene rings is 1. The van der Waals surface area contributed by atoms with E-state index in [9.17, 15) is 9.90 Å². The lowest BCUT2D eigenvalue weighted by Crippen LogP contribution is -2.39. The molecule has 1 aromatic rings. The Labute approximate surface area is 131 Å². The van der Waals surface area contributed by atoms with Gasteiger partial charge in [-0.15, -0.1) is 11.8 Å². The molecular weight excluding hydrogens is 286 g/mol. The van der Waals surface area contributed by atoms with E-state index >= 15 is 0 Å². The number of aromatic carboxylic acids is 1. The first-order valence-electron chi connectivity index (χ1n) is 7.17. The van der Waals surface area contributed by atoms with Crippen molar-refractivity contribution >= 4 is 17.7 Å². The van der Waals surface area contributed by atoms with Gasteiger partial charge in [-0.3, -0.25) is 4.90 Å². The van der Waals surface area contributed by atoms with Crippen LogP contribution in [0, 0.1) is 0 Å². The normalized spacial score (nSPS) is 11.4. The van der Waals surface area contributed by atoms with Crippen LogP contribution >= 0.6 is 11.8 Å². The summed E-state index contributed by atoms with van der Waals surface area (Å²) in [5.74, 6) is -0.499. The number of ether oxygens (including phenoxy) is 1. The van der Waals surface area contributed by atoms with Crippen molar-refractivity contribution in [2.24, 2.45) is 0 Å². The second-order valence-corrected chi connectivity index (χ2v) is 6.26. The maximum atomic E-state index is 11.4. The molecule has 0 saturated heterocycles. The van der Waals surface area contributed by atoms with E-state index in [1.54, 1.807) is 12.1 Å². The summed E-state index contributed by atoms with van der Waals surface area (Å²) in [7, 11) is 0. The van der Waals surface area contributed by atoms with Crippen molar-refractivity contribution in [2.75, 3.05) is 19.4 Å². The molecule has 0 atom stereocenters. The summed E-state index contributed by atoms with van der Waals surface area (Å²) in [6, 6.07) is 6.22. The van der Waals surface area contributed by atoms with E-state index in [0.717, 1.165) is 11.4 Å². The van der Waals surface area contributed by atoms with Crippen molar-refractivity contribution in [3.8, 4) is 5.75 Å². The standard InChI is InChI=1S/C16H25NO3S/c1-11(2)17(12(3)4)9-10-20-13-7-6-8-14(21-5)15(13)16(18)19/h6-8,11-12H,9-10H2,1-5H3,(H,18,19). The maximum absolute atomic E-state index is 11.4. The molecule has 21 heavy (non-hydrogen) atoms. The molecule has 0 aromatic heterocycles. The molecule has 0 saturated carbocycles. The first kappa shape index (κ1) is 17.9. The maximum Gasteiger partial charge on any atom is 0.340 e. The number of carboxylic acid groups (broad SMARTS) is 1. The van der Waals surface area contributed by atoms with E-state index < -0.39 is 5.97 Å². The van der Waals surface area contributed by atoms with Crippen LogP contribution in [0.5, 0.6) is 5.75 Å². The summed E-state index contributed by atoms with van der Waals surface area (Å²) in [5, 5.41) is 9.36. The lowest BCUT2D eigenvalue weighted by Gasteiger charge is -2.30. The van der Waals surface area contributed by atoms with E-state index in [0.29, 0.717) is 24.4 Å². The quantitative estimate of drug-likeness (QED) is 0.743. The molecule has 0 aliphatic rings. The Bertz CT molecular complexity index is 467. The van der Waals surface area contributed by atoms with Crippen LogP contribution in [0.15, 0.2) is 23.1 Å². The van der Waals surface area contributed by atoms with Gasteiger partial charge in [-0.05, 0) is 46.1 Å². The number of carboxylic acids is 1. The minimum Gasteiger partial charge on any atom is -0.491 e. The van der Waals surface area contributed by atoms with Crippen molar-refractivity contribution in [3.05, 3.63) is 23.8 Å². The molecule has 1 N–H and O–H groups in total. The molecule has 4 nitrogen and oxygen atoms in total. The third-order valence-electron chi connectivity index (χ3n) is 3.36. The van der Waals surface area contributed by atoms with E-state index in [4.69, 9.17) is 4.74 Å². The molecule has 0 heterocycles. The van der Waals surface area contributed by atoms with Gasteiger partial charge in [0.05, 0.1) is 0 Å². The van der Waals surface area contributed by atoms with Crippen LogP contribution in [0.1, 0.15) is 38.1 Å². The summed E-state index contributed by atoms with van der Waals surface area (Å²) in [6.07, 6.45) is 1.87. The van der Waals surface area contributed by atoms with Gasteiger partial charge in [-0.1, -0.05) is 6.07 Å². The number of nitrogens with zero attached hydrogens (tertiary/aromatic N) is 1. The third-order valence-corrected chi connectivity index (χ3v) is 4.14. The van der Waals surface area contributed by atoms with Crippen LogP contribution in [-0.4, -0.2) is 47.5 Å². The fourth-order valence-corrected chi connectivity index (χ4v) is 2.99. The monoisotopic (exact) mass is 311 g/mol. The van der Waals surface area contributed by atoms with Crippen LogP contribution < -0.4 is 4.74 Å². The van der Waals surface area contributed by atoms with Crippen molar-refractivity contribution in [3.63, 3.8) is 0 Å². The first-order chi connectivity index (χ1) is 9.88. The van der Waals surface area contributed by atoms with Gasteiger partial charge < -0.3 is 9.84 Å². The highest BCUT2D eigenvalue weighted by molar-refractivity contribution is 7.98. The fourth-order valence-electron chi connectivity index (χ4n) is 2.39. The average molecular weight is 311 g/mol. The minimum absolute atomic E-state index is 0.255. The number of carbonyl (C=O) groups is 1. The van der Waals surface area contributed by atoms with E-state index in [-0.39, 0.29) is 5.56 Å². The lowest BCUT2D eigenvalue weighted by atomic mass is 10.2. The molecule has 0 radical (unpaired) electrons. The first-order valence-corrected chi connectivity index (χ1v) is 8.39. The van der Waals surface area contributed by atoms with E-state index in [1.807, 2.05) is 12.3 Å². The largest absolute Gasteiger partial charge is 0.491 e. The number of rotatable bonds is 8. The predicted octanol–water partition coefficient (Wildman–Crippen LogP) is 3.60. The van der Waals surface area contributed by atoms with Gasteiger partial charge >= 0.3 is 5.97 Å². The molecular formula is C16H25NO3S. The summed E-state index contributed by atoms with van der Waals surface area (Å²) in [5.41, 5.74) is 0.255. The van der Waals surface area contributed by atoms with Gasteiger partial charge in [0.25, 0.3) is 0 Å². The van der Waals surface area contributed by atoms with Crippen LogP contribution in [-0.2, 0) is 0 Å². The molecule has 0 unspecified atom stereocenters. The Balaban J connectivity index is 2.78. The zero-order valence-electron chi connectivity index (χ0n) is 13.4. The molecule has 5 heteroatoms. The highest BCUT2D eigenvalue weighted by Gasteiger charge is 2.17. The topological polar surface area (TPSA) is 49.8 Å². The summed E-state index contributed by atoms with van der Waals surface area (Å²) in [4.78, 5) is 14.5. The van der Waals surface area contributed by atoms with Gasteiger partial charge in [0.15, 0.2) is 0 Å². The Hall–Kier alpha value is -1.20. The second kappa shape index (κ2) is 8.29. The zero-order chi connectivity index (χ0) is 16.0. The van der Waals surface area contributed by atoms with Gasteiger partial charge in [0, 0.05) is 23.5 Å². The Kier molecular flexibility index (Phi) is 7.05. The molecule has 0 spiro atoms. The molecule has 118 valence electrons. The highest BCUT2D eigenvalue weighted by atomic mass is 32.2. The average Bonchev–Trinajstić information content (AvgIpc) is 2.41. The number of hydrogen-bond acceptors (Lipinski definition) is 4. The van der Waals surface area contributed by atoms with Crippen molar-refractivity contribution in [2.45, 2.75) is 44.7 Å². The second-order valence-electron chi connectivity index (χ2n) is 5.41. The molecule has 0 aliphatic carbocycles. The Morgan fingerprint density at radius 3 is 2.38 bits per heavy atom. The van der Waals surface area contributed by atoms with E-state index in [2.05, 4.69) is 32.6 Å². The molecule has 0 amide bonds. The lowest BCUT2D eigenvalue weighted by molar-refractivity contribution is 0.0686. The van der Waals surface area contributed by atoms with E-state index in [1.165, 1.54) is 11.8 Å². The van der Waals surface area contributed by atoms with Gasteiger partial charge in [0.2, 0.25) is 0 Å². The smallest absolute Gasteiger partial charge is 0.340 e. The highest BCUT2D eigenvalue weighted by Crippen LogP contribution is 2.28. The fraction of sp³-hybridized carbons (Fsp3) is 0.562. The predicted molar refractivity (Wildman–Crippen MR) is 87.7 cm³/mol. The molecule has 0 bridgehead atoms. The van der Waals surface area contributed by atoms with Gasteiger partial charge in [0.1, 0.15) is 17.9 Å². The zero-order valence-corrected chi connectivity index (χ0v) is 14.2. The molecule has 0 aliphatic heterocycles. The minimum atomic E-state index is -0.945. The third kappa shape index (κ3) is 4.93. The Morgan fingerprint density at radius 1 is 1.29 bits per heavy atom. The van der Waals surface area contributed by atoms with Crippen LogP contribution in [0.4, 0.5) is 0 Å². The molecule has 1 aromatic carbocycles. The summed E-state index contributed by atoms with van der Waals surface area (Å²) >= 11 is 1.42. The summed E-state index contributed by atoms with van der Waals surface area (Å²) in [6.45, 7) is 9.86. The summed E-state index contributed by atoms with van der Waals surface area (Å²) < 4.78 is 5.74. The van der Waals surface area contributed by atoms with Crippen LogP contribution in [0.3, 0.4) is 0 Å². The van der Waals surface area contributed by atoms with Crippen molar-refractivity contribution in [1.82, 2.24) is 4.90 Å². The molecule has 1 rings (SSSR count). The van der Waals surface area contributed by atoms with Gasteiger partial charge in [-0.25, -0.2) is 4.79 Å². The number of hydrogen-bond donors (Lipinski definition) is 1. The SMILES string of the molecule is CSc1cccc(OCCN(C(C)C)C(C)C)c1C(=O)O. The van der Waals surface area contributed by atoms with Crippen LogP contribution in [0.2, 0.25) is 0 Å². The van der Waals surface area contributed by atoms with Crippen molar-refractivity contribution < 1.29 is 14.6 Å². The Morgan fingerprint density at radius 2 is 1.90 bits per heavy atom. The van der Waals surface area contributed by atoms with Gasteiger partial charge in [-0.2, -0.15) is 0 Å². The van der Waals surface area contributed by atoms with Crippen molar-refractivity contribution in [1.29, 1.82) is 0 Å². The number of thioether (sulfide) groups is 1. The van der Waals surface area contributed by atoms with Crippen LogP contribution in [0.25, 0.3) is 0 Å². The molecule has 0 fully saturated rings.